The summed E-state index contributed by atoms with van der Waals surface area (Å²) in [5, 5.41) is 4.00. The molecule has 0 unspecified atom stereocenters. The number of hydrogen-bond acceptors (Lipinski definition) is 2. The van der Waals surface area contributed by atoms with Crippen LogP contribution in [0.15, 0.2) is 18.2 Å². The van der Waals surface area contributed by atoms with E-state index in [9.17, 15) is 0 Å². The fourth-order valence-electron chi connectivity index (χ4n) is 2.34. The lowest BCUT2D eigenvalue weighted by Crippen LogP contribution is -2.29. The van der Waals surface area contributed by atoms with E-state index in [1.54, 1.807) is 0 Å². The second-order valence-electron chi connectivity index (χ2n) is 4.99. The molecule has 0 amide bonds. The highest BCUT2D eigenvalue weighted by Crippen LogP contribution is 2.31. The first kappa shape index (κ1) is 12.7. The molecule has 94 valence electrons. The summed E-state index contributed by atoms with van der Waals surface area (Å²) in [7, 11) is 4.09. The molecule has 0 bridgehead atoms. The van der Waals surface area contributed by atoms with Crippen LogP contribution in [0, 0.1) is 5.92 Å². The first-order chi connectivity index (χ1) is 8.20. The number of hydrogen-bond donors (Lipinski definition) is 1. The van der Waals surface area contributed by atoms with Gasteiger partial charge >= 0.3 is 0 Å². The Balaban J connectivity index is 2.03. The SMILES string of the molecule is CNCc1ccc(N(C)CC2CCC2)c(Cl)c1. The molecule has 1 aliphatic rings. The molecular weight excluding hydrogens is 232 g/mol. The molecule has 1 aromatic carbocycles. The maximum atomic E-state index is 6.34. The van der Waals surface area contributed by atoms with Crippen molar-refractivity contribution in [2.75, 3.05) is 25.5 Å². The Morgan fingerprint density at radius 1 is 1.41 bits per heavy atom. The van der Waals surface area contributed by atoms with Gasteiger partial charge in [-0.15, -0.1) is 0 Å². The lowest BCUT2D eigenvalue weighted by atomic mass is 9.85. The van der Waals surface area contributed by atoms with Crippen molar-refractivity contribution in [3.05, 3.63) is 28.8 Å². The highest BCUT2D eigenvalue weighted by atomic mass is 35.5. The average molecular weight is 253 g/mol. The summed E-state index contributed by atoms with van der Waals surface area (Å²) in [4.78, 5) is 2.29. The summed E-state index contributed by atoms with van der Waals surface area (Å²) in [5.74, 6) is 0.869. The Labute approximate surface area is 109 Å². The van der Waals surface area contributed by atoms with E-state index in [-0.39, 0.29) is 0 Å². The van der Waals surface area contributed by atoms with E-state index < -0.39 is 0 Å². The molecule has 2 nitrogen and oxygen atoms in total. The zero-order valence-electron chi connectivity index (χ0n) is 10.7. The van der Waals surface area contributed by atoms with Crippen LogP contribution >= 0.6 is 11.6 Å². The van der Waals surface area contributed by atoms with Gasteiger partial charge in [0.2, 0.25) is 0 Å². The smallest absolute Gasteiger partial charge is 0.0642 e. The molecule has 0 spiro atoms. The van der Waals surface area contributed by atoms with E-state index in [2.05, 4.69) is 35.5 Å². The molecule has 1 saturated carbocycles. The minimum Gasteiger partial charge on any atom is -0.373 e. The summed E-state index contributed by atoms with van der Waals surface area (Å²) in [6, 6.07) is 6.34. The summed E-state index contributed by atoms with van der Waals surface area (Å²) in [6.45, 7) is 2.00. The number of halogens is 1. The molecule has 0 aromatic heterocycles. The van der Waals surface area contributed by atoms with Crippen LogP contribution in [-0.4, -0.2) is 20.6 Å². The zero-order chi connectivity index (χ0) is 12.3. The Kier molecular flexibility index (Phi) is 4.30. The Hall–Kier alpha value is -0.730. The highest BCUT2D eigenvalue weighted by molar-refractivity contribution is 6.33. The lowest BCUT2D eigenvalue weighted by Gasteiger charge is -2.31. The van der Waals surface area contributed by atoms with Crippen molar-refractivity contribution < 1.29 is 0 Å². The predicted octanol–water partition coefficient (Wildman–Crippen LogP) is 3.30. The molecular formula is C14H21ClN2. The summed E-state index contributed by atoms with van der Waals surface area (Å²) < 4.78 is 0. The van der Waals surface area contributed by atoms with Crippen LogP contribution in [0.2, 0.25) is 5.02 Å². The number of nitrogens with one attached hydrogen (secondary N) is 1. The Bertz CT molecular complexity index is 374. The summed E-state index contributed by atoms with van der Waals surface area (Å²) >= 11 is 6.34. The van der Waals surface area contributed by atoms with E-state index in [0.717, 1.165) is 29.7 Å². The third-order valence-corrected chi connectivity index (χ3v) is 3.86. The van der Waals surface area contributed by atoms with Gasteiger partial charge in [0.1, 0.15) is 0 Å². The standard InChI is InChI=1S/C14H21ClN2/c1-16-9-12-6-7-14(13(15)8-12)17(2)10-11-4-3-5-11/h6-8,11,16H,3-5,9-10H2,1-2H3. The number of anilines is 1. The van der Waals surface area contributed by atoms with Crippen LogP contribution in [0.4, 0.5) is 5.69 Å². The molecule has 0 saturated heterocycles. The van der Waals surface area contributed by atoms with Gasteiger partial charge in [0, 0.05) is 20.1 Å². The van der Waals surface area contributed by atoms with Gasteiger partial charge in [-0.2, -0.15) is 0 Å². The lowest BCUT2D eigenvalue weighted by molar-refractivity contribution is 0.321. The highest BCUT2D eigenvalue weighted by Gasteiger charge is 2.20. The Morgan fingerprint density at radius 3 is 2.71 bits per heavy atom. The molecule has 17 heavy (non-hydrogen) atoms. The van der Waals surface area contributed by atoms with Gasteiger partial charge < -0.3 is 10.2 Å². The first-order valence-corrected chi connectivity index (χ1v) is 6.72. The monoisotopic (exact) mass is 252 g/mol. The van der Waals surface area contributed by atoms with Crippen molar-refractivity contribution in [2.24, 2.45) is 5.92 Å². The molecule has 1 fully saturated rings. The second-order valence-corrected chi connectivity index (χ2v) is 5.40. The van der Waals surface area contributed by atoms with Crippen LogP contribution in [0.3, 0.4) is 0 Å². The van der Waals surface area contributed by atoms with E-state index in [1.807, 2.05) is 7.05 Å². The van der Waals surface area contributed by atoms with Crippen molar-refractivity contribution >= 4 is 17.3 Å². The minimum absolute atomic E-state index is 0.861. The minimum atomic E-state index is 0.861. The number of benzene rings is 1. The molecule has 0 radical (unpaired) electrons. The van der Waals surface area contributed by atoms with Gasteiger partial charge in [0.05, 0.1) is 10.7 Å². The predicted molar refractivity (Wildman–Crippen MR) is 74.8 cm³/mol. The van der Waals surface area contributed by atoms with Gasteiger partial charge in [-0.3, -0.25) is 0 Å². The second kappa shape index (κ2) is 5.74. The summed E-state index contributed by atoms with van der Waals surface area (Å²) in [5.41, 5.74) is 2.39. The molecule has 0 heterocycles. The largest absolute Gasteiger partial charge is 0.373 e. The van der Waals surface area contributed by atoms with E-state index >= 15 is 0 Å². The first-order valence-electron chi connectivity index (χ1n) is 6.35. The van der Waals surface area contributed by atoms with Crippen LogP contribution in [0.5, 0.6) is 0 Å². The molecule has 3 heteroatoms. The third kappa shape index (κ3) is 3.14. The topological polar surface area (TPSA) is 15.3 Å². The molecule has 2 rings (SSSR count). The van der Waals surface area contributed by atoms with Crippen molar-refractivity contribution in [3.63, 3.8) is 0 Å². The van der Waals surface area contributed by atoms with Crippen molar-refractivity contribution in [3.8, 4) is 0 Å². The number of nitrogens with zero attached hydrogens (tertiary/aromatic N) is 1. The van der Waals surface area contributed by atoms with Gasteiger partial charge in [0.15, 0.2) is 0 Å². The maximum absolute atomic E-state index is 6.34. The van der Waals surface area contributed by atoms with Crippen LogP contribution in [0.1, 0.15) is 24.8 Å². The van der Waals surface area contributed by atoms with Crippen LogP contribution in [-0.2, 0) is 6.54 Å². The molecule has 1 N–H and O–H groups in total. The quantitative estimate of drug-likeness (QED) is 0.865. The zero-order valence-corrected chi connectivity index (χ0v) is 11.4. The van der Waals surface area contributed by atoms with E-state index in [4.69, 9.17) is 11.6 Å². The molecule has 0 aliphatic heterocycles. The van der Waals surface area contributed by atoms with Crippen LogP contribution in [0.25, 0.3) is 0 Å². The van der Waals surface area contributed by atoms with E-state index in [0.29, 0.717) is 0 Å². The average Bonchev–Trinajstić information content (AvgIpc) is 2.24. The maximum Gasteiger partial charge on any atom is 0.0642 e. The van der Waals surface area contributed by atoms with Gasteiger partial charge in [-0.25, -0.2) is 0 Å². The summed E-state index contributed by atoms with van der Waals surface area (Å²) in [6.07, 6.45) is 4.15. The van der Waals surface area contributed by atoms with Crippen molar-refractivity contribution in [2.45, 2.75) is 25.8 Å². The van der Waals surface area contributed by atoms with Gasteiger partial charge in [0.25, 0.3) is 0 Å². The van der Waals surface area contributed by atoms with Crippen molar-refractivity contribution in [1.82, 2.24) is 5.32 Å². The van der Waals surface area contributed by atoms with Gasteiger partial charge in [-0.1, -0.05) is 24.1 Å². The molecule has 1 aromatic rings. The van der Waals surface area contributed by atoms with E-state index in [1.165, 1.54) is 24.8 Å². The fourth-order valence-corrected chi connectivity index (χ4v) is 2.68. The van der Waals surface area contributed by atoms with Crippen LogP contribution < -0.4 is 10.2 Å². The molecule has 0 atom stereocenters. The normalized spacial score (nSPS) is 15.7. The van der Waals surface area contributed by atoms with Crippen molar-refractivity contribution in [1.29, 1.82) is 0 Å². The number of rotatable bonds is 5. The molecule has 1 aliphatic carbocycles. The third-order valence-electron chi connectivity index (χ3n) is 3.56. The Morgan fingerprint density at radius 2 is 2.18 bits per heavy atom. The fraction of sp³-hybridized carbons (Fsp3) is 0.571. The van der Waals surface area contributed by atoms with Gasteiger partial charge in [-0.05, 0) is 43.5 Å².